The second kappa shape index (κ2) is 11.7. The number of benzene rings is 2. The zero-order valence-corrected chi connectivity index (χ0v) is 20.1. The number of rotatable bonds is 11. The lowest BCUT2D eigenvalue weighted by atomic mass is 10.0. The second-order valence-corrected chi connectivity index (χ2v) is 8.53. The molecule has 0 unspecified atom stereocenters. The maximum Gasteiger partial charge on any atom is 0.293 e. The molecule has 1 saturated heterocycles. The van der Waals surface area contributed by atoms with Crippen LogP contribution in [-0.2, 0) is 22.6 Å². The number of carbonyl (C=O) groups excluding carboxylic acids is 2. The number of thioether (sulfide) groups is 1. The molecule has 2 amide bonds. The molecule has 0 aliphatic carbocycles. The third kappa shape index (κ3) is 6.27. The summed E-state index contributed by atoms with van der Waals surface area (Å²) in [5.41, 5.74) is 3.90. The van der Waals surface area contributed by atoms with Crippen molar-refractivity contribution in [2.75, 3.05) is 26.9 Å². The van der Waals surface area contributed by atoms with Crippen molar-refractivity contribution in [1.29, 1.82) is 0 Å². The first-order chi connectivity index (χ1) is 16.0. The topological polar surface area (TPSA) is 65.1 Å². The summed E-state index contributed by atoms with van der Waals surface area (Å²) in [4.78, 5) is 26.5. The Labute approximate surface area is 199 Å². The van der Waals surface area contributed by atoms with E-state index in [1.54, 1.807) is 12.2 Å². The Balaban J connectivity index is 1.91. The molecule has 1 aliphatic heterocycles. The van der Waals surface area contributed by atoms with Crippen LogP contribution < -0.4 is 9.47 Å². The average molecular weight is 468 g/mol. The van der Waals surface area contributed by atoms with Gasteiger partial charge in [0.15, 0.2) is 11.5 Å². The van der Waals surface area contributed by atoms with E-state index in [4.69, 9.17) is 14.2 Å². The fraction of sp³-hybridized carbons (Fsp3) is 0.308. The van der Waals surface area contributed by atoms with Crippen molar-refractivity contribution in [3.05, 3.63) is 76.2 Å². The van der Waals surface area contributed by atoms with E-state index in [9.17, 15) is 9.59 Å². The van der Waals surface area contributed by atoms with Gasteiger partial charge in [0.2, 0.25) is 0 Å². The number of hydrogen-bond donors (Lipinski definition) is 0. The van der Waals surface area contributed by atoms with Crippen LogP contribution in [0.15, 0.2) is 54.0 Å². The van der Waals surface area contributed by atoms with Gasteiger partial charge in [-0.1, -0.05) is 35.9 Å². The quantitative estimate of drug-likeness (QED) is 0.326. The van der Waals surface area contributed by atoms with Crippen molar-refractivity contribution in [2.24, 2.45) is 0 Å². The zero-order chi connectivity index (χ0) is 23.8. The van der Waals surface area contributed by atoms with Crippen LogP contribution in [0.2, 0.25) is 0 Å². The van der Waals surface area contributed by atoms with Gasteiger partial charge in [-0.15, -0.1) is 6.58 Å². The first-order valence-corrected chi connectivity index (χ1v) is 11.6. The van der Waals surface area contributed by atoms with Crippen molar-refractivity contribution in [3.63, 3.8) is 0 Å². The number of ether oxygens (including phenoxy) is 3. The van der Waals surface area contributed by atoms with Gasteiger partial charge in [0.1, 0.15) is 6.61 Å². The molecule has 2 aromatic rings. The molecule has 0 aromatic heterocycles. The van der Waals surface area contributed by atoms with Crippen LogP contribution in [0.3, 0.4) is 0 Å². The third-order valence-corrected chi connectivity index (χ3v) is 5.92. The van der Waals surface area contributed by atoms with Crippen molar-refractivity contribution < 1.29 is 23.8 Å². The van der Waals surface area contributed by atoms with E-state index >= 15 is 0 Å². The molecular weight excluding hydrogens is 438 g/mol. The lowest BCUT2D eigenvalue weighted by Crippen LogP contribution is -2.31. The normalized spacial score (nSPS) is 14.8. The lowest BCUT2D eigenvalue weighted by Gasteiger charge is -2.17. The molecule has 0 bridgehead atoms. The van der Waals surface area contributed by atoms with Gasteiger partial charge in [0.25, 0.3) is 11.1 Å². The number of imide groups is 1. The molecule has 6 nitrogen and oxygen atoms in total. The first kappa shape index (κ1) is 24.6. The molecule has 7 heteroatoms. The van der Waals surface area contributed by atoms with E-state index in [0.717, 1.165) is 28.5 Å². The molecule has 1 aliphatic rings. The SMILES string of the molecule is C=CCc1cc(/C=C2/SC(=O)N(CCOC)C2=O)cc(OCC)c1OCc1ccc(C)cc1. The van der Waals surface area contributed by atoms with E-state index in [1.807, 2.05) is 38.1 Å². The van der Waals surface area contributed by atoms with E-state index in [1.165, 1.54) is 17.6 Å². The smallest absolute Gasteiger partial charge is 0.293 e. The van der Waals surface area contributed by atoms with Crippen molar-refractivity contribution in [2.45, 2.75) is 26.9 Å². The Morgan fingerprint density at radius 1 is 1.12 bits per heavy atom. The second-order valence-electron chi connectivity index (χ2n) is 7.53. The van der Waals surface area contributed by atoms with Gasteiger partial charge in [-0.05, 0) is 61.4 Å². The highest BCUT2D eigenvalue weighted by molar-refractivity contribution is 8.18. The fourth-order valence-electron chi connectivity index (χ4n) is 3.37. The highest BCUT2D eigenvalue weighted by Gasteiger charge is 2.34. The van der Waals surface area contributed by atoms with Crippen LogP contribution in [0, 0.1) is 6.92 Å². The minimum atomic E-state index is -0.315. The Morgan fingerprint density at radius 3 is 2.55 bits per heavy atom. The number of carbonyl (C=O) groups is 2. The number of allylic oxidation sites excluding steroid dienone is 1. The highest BCUT2D eigenvalue weighted by atomic mass is 32.2. The van der Waals surface area contributed by atoms with Gasteiger partial charge in [-0.3, -0.25) is 14.5 Å². The summed E-state index contributed by atoms with van der Waals surface area (Å²) < 4.78 is 17.1. The largest absolute Gasteiger partial charge is 0.490 e. The highest BCUT2D eigenvalue weighted by Crippen LogP contribution is 2.37. The van der Waals surface area contributed by atoms with E-state index in [-0.39, 0.29) is 17.7 Å². The third-order valence-electron chi connectivity index (χ3n) is 5.01. The van der Waals surface area contributed by atoms with Gasteiger partial charge < -0.3 is 14.2 Å². The van der Waals surface area contributed by atoms with Crippen LogP contribution >= 0.6 is 11.8 Å². The molecule has 0 atom stereocenters. The minimum absolute atomic E-state index is 0.232. The van der Waals surface area contributed by atoms with E-state index < -0.39 is 0 Å². The molecule has 1 fully saturated rings. The molecule has 0 spiro atoms. The number of hydrogen-bond acceptors (Lipinski definition) is 6. The van der Waals surface area contributed by atoms with Crippen molar-refractivity contribution in [3.8, 4) is 11.5 Å². The number of methoxy groups -OCH3 is 1. The van der Waals surface area contributed by atoms with Gasteiger partial charge >= 0.3 is 0 Å². The molecule has 0 saturated carbocycles. The maximum absolute atomic E-state index is 12.7. The van der Waals surface area contributed by atoms with Gasteiger partial charge in [-0.2, -0.15) is 0 Å². The molecule has 0 N–H and O–H groups in total. The summed E-state index contributed by atoms with van der Waals surface area (Å²) in [6, 6.07) is 12.0. The van der Waals surface area contributed by atoms with E-state index in [0.29, 0.717) is 42.6 Å². The standard InChI is InChI=1S/C26H29NO5S/c1-5-7-21-14-20(16-23-25(28)27(12-13-30-4)26(29)33-23)15-22(31-6-2)24(21)32-17-19-10-8-18(3)9-11-19/h5,8-11,14-16H,1,6-7,12-13,17H2,2-4H3/b23-16+. The van der Waals surface area contributed by atoms with Crippen molar-refractivity contribution in [1.82, 2.24) is 4.90 Å². The predicted octanol–water partition coefficient (Wildman–Crippen LogP) is 5.38. The zero-order valence-electron chi connectivity index (χ0n) is 19.3. The Morgan fingerprint density at radius 2 is 1.88 bits per heavy atom. The minimum Gasteiger partial charge on any atom is -0.490 e. The first-order valence-electron chi connectivity index (χ1n) is 10.8. The van der Waals surface area contributed by atoms with E-state index in [2.05, 4.69) is 18.7 Å². The molecule has 3 rings (SSSR count). The Kier molecular flexibility index (Phi) is 8.74. The van der Waals surface area contributed by atoms with Gasteiger partial charge in [0.05, 0.1) is 24.7 Å². The van der Waals surface area contributed by atoms with Gasteiger partial charge in [0, 0.05) is 12.7 Å². The molecule has 1 heterocycles. The molecule has 174 valence electrons. The van der Waals surface area contributed by atoms with Crippen LogP contribution in [0.5, 0.6) is 11.5 Å². The number of nitrogens with zero attached hydrogens (tertiary/aromatic N) is 1. The summed E-state index contributed by atoms with van der Waals surface area (Å²) in [6.07, 6.45) is 4.09. The number of aryl methyl sites for hydroxylation is 1. The summed E-state index contributed by atoms with van der Waals surface area (Å²) >= 11 is 0.929. The molecule has 0 radical (unpaired) electrons. The predicted molar refractivity (Wildman–Crippen MR) is 132 cm³/mol. The Bertz CT molecular complexity index is 1050. The summed E-state index contributed by atoms with van der Waals surface area (Å²) in [5, 5.41) is -0.294. The maximum atomic E-state index is 12.7. The fourth-order valence-corrected chi connectivity index (χ4v) is 4.23. The van der Waals surface area contributed by atoms with Gasteiger partial charge in [-0.25, -0.2) is 0 Å². The van der Waals surface area contributed by atoms with Crippen molar-refractivity contribution >= 4 is 29.0 Å². The number of amides is 2. The summed E-state index contributed by atoms with van der Waals surface area (Å²) in [6.45, 7) is 9.22. The molecule has 2 aromatic carbocycles. The lowest BCUT2D eigenvalue weighted by molar-refractivity contribution is -0.123. The van der Waals surface area contributed by atoms with Crippen LogP contribution in [-0.4, -0.2) is 42.9 Å². The van der Waals surface area contributed by atoms with Crippen LogP contribution in [0.25, 0.3) is 6.08 Å². The monoisotopic (exact) mass is 467 g/mol. The Hall–Kier alpha value is -3.03. The van der Waals surface area contributed by atoms with Crippen LogP contribution in [0.1, 0.15) is 29.2 Å². The molecule has 33 heavy (non-hydrogen) atoms. The average Bonchev–Trinajstić information content (AvgIpc) is 3.05. The summed E-state index contributed by atoms with van der Waals surface area (Å²) in [7, 11) is 1.54. The molecular formula is C26H29NO5S. The van der Waals surface area contributed by atoms with Crippen LogP contribution in [0.4, 0.5) is 4.79 Å². The summed E-state index contributed by atoms with van der Waals surface area (Å²) in [5.74, 6) is 0.932.